The molecule has 0 aliphatic carbocycles. The van der Waals surface area contributed by atoms with Gasteiger partial charge in [0.05, 0.1) is 13.7 Å². The standard InChI is InChI=1S/C51H29N3OS2/c1-3-13-30(14-4-1)49-52-50(31-15-5-2-6-16-31)54-51(53-49)38-20-12-24-44-47(38)37-26-25-32(29-45(37)56-44)39-27-33(28-40-35-17-8-10-23-43(35)57-48(39)40)34-19-11-22-42-46(34)36-18-7-9-21-41(36)55-42/h1-29H/i1D,2D,3D,4D,5D,6D,13D,14D,15D,16D. The van der Waals surface area contributed by atoms with Crippen LogP contribution in [0.3, 0.4) is 0 Å². The fraction of sp³-hybridized carbons (Fsp3) is 0. The normalized spacial score (nSPS) is 14.3. The minimum absolute atomic E-state index is 0.0219. The van der Waals surface area contributed by atoms with E-state index in [1.165, 1.54) is 10.1 Å². The van der Waals surface area contributed by atoms with E-state index in [2.05, 4.69) is 71.7 Å². The zero-order chi connectivity index (χ0) is 46.2. The average molecular weight is 774 g/mol. The summed E-state index contributed by atoms with van der Waals surface area (Å²) in [4.78, 5) is 14.0. The lowest BCUT2D eigenvalue weighted by Gasteiger charge is -2.11. The first kappa shape index (κ1) is 23.8. The van der Waals surface area contributed by atoms with Gasteiger partial charge in [0.25, 0.3) is 0 Å². The molecular formula is C51H29N3OS2. The lowest BCUT2D eigenvalue weighted by molar-refractivity contribution is 0.669. The Bertz CT molecular complexity index is 4000. The highest BCUT2D eigenvalue weighted by molar-refractivity contribution is 7.26. The van der Waals surface area contributed by atoms with Crippen LogP contribution in [-0.2, 0) is 0 Å². The molecular weight excluding hydrogens is 735 g/mol. The molecule has 0 aliphatic rings. The Morgan fingerprint density at radius 3 is 1.88 bits per heavy atom. The van der Waals surface area contributed by atoms with Crippen LogP contribution < -0.4 is 0 Å². The van der Waals surface area contributed by atoms with Gasteiger partial charge in [0.15, 0.2) is 17.5 Å². The number of fused-ring (bicyclic) bond motifs is 9. The number of hydrogen-bond donors (Lipinski definition) is 0. The van der Waals surface area contributed by atoms with Crippen molar-refractivity contribution in [3.05, 3.63) is 176 Å². The predicted octanol–water partition coefficient (Wildman–Crippen LogP) is 14.8. The van der Waals surface area contributed by atoms with E-state index in [-0.39, 0.29) is 28.6 Å². The highest BCUT2D eigenvalue weighted by Gasteiger charge is 2.20. The number of rotatable bonds is 5. The molecule has 266 valence electrons. The first-order valence-corrected chi connectivity index (χ1v) is 19.7. The summed E-state index contributed by atoms with van der Waals surface area (Å²) < 4.78 is 95.6. The quantitative estimate of drug-likeness (QED) is 0.175. The van der Waals surface area contributed by atoms with Gasteiger partial charge in [0.1, 0.15) is 11.2 Å². The third kappa shape index (κ3) is 5.22. The Morgan fingerprint density at radius 2 is 1.07 bits per heavy atom. The van der Waals surface area contributed by atoms with E-state index in [4.69, 9.17) is 28.1 Å². The fourth-order valence-electron chi connectivity index (χ4n) is 7.84. The van der Waals surface area contributed by atoms with Gasteiger partial charge in [0.2, 0.25) is 0 Å². The van der Waals surface area contributed by atoms with Crippen molar-refractivity contribution in [2.45, 2.75) is 0 Å². The van der Waals surface area contributed by atoms with Gasteiger partial charge in [-0.2, -0.15) is 0 Å². The second kappa shape index (κ2) is 12.8. The van der Waals surface area contributed by atoms with Crippen LogP contribution in [0.15, 0.2) is 180 Å². The van der Waals surface area contributed by atoms with Crippen molar-refractivity contribution in [3.8, 4) is 56.4 Å². The molecule has 0 atom stereocenters. The Hall–Kier alpha value is -6.99. The maximum atomic E-state index is 8.78. The minimum atomic E-state index is -0.602. The van der Waals surface area contributed by atoms with Crippen LogP contribution in [0.25, 0.3) is 119 Å². The van der Waals surface area contributed by atoms with Crippen molar-refractivity contribution in [3.63, 3.8) is 0 Å². The Kier molecular flexibility index (Phi) is 5.34. The van der Waals surface area contributed by atoms with Gasteiger partial charge < -0.3 is 4.42 Å². The monoisotopic (exact) mass is 773 g/mol. The van der Waals surface area contributed by atoms with Crippen LogP contribution in [0.4, 0.5) is 0 Å². The summed E-state index contributed by atoms with van der Waals surface area (Å²) in [6, 6.07) is 33.4. The van der Waals surface area contributed by atoms with Crippen molar-refractivity contribution in [2.24, 2.45) is 0 Å². The molecule has 0 amide bonds. The summed E-state index contributed by atoms with van der Waals surface area (Å²) in [5.41, 5.74) is 5.72. The Morgan fingerprint density at radius 1 is 0.404 bits per heavy atom. The van der Waals surface area contributed by atoms with E-state index in [0.717, 1.165) is 74.5 Å². The molecule has 4 aromatic heterocycles. The van der Waals surface area contributed by atoms with Crippen molar-refractivity contribution in [1.29, 1.82) is 0 Å². The van der Waals surface area contributed by atoms with Gasteiger partial charge >= 0.3 is 0 Å². The number of nitrogens with zero attached hydrogens (tertiary/aromatic N) is 3. The molecule has 0 radical (unpaired) electrons. The highest BCUT2D eigenvalue weighted by atomic mass is 32.1. The molecule has 0 unspecified atom stereocenters. The summed E-state index contributed by atoms with van der Waals surface area (Å²) in [6.07, 6.45) is 0. The molecule has 0 saturated carbocycles. The molecule has 0 fully saturated rings. The third-order valence-corrected chi connectivity index (χ3v) is 12.7. The maximum Gasteiger partial charge on any atom is 0.164 e. The number of furan rings is 1. The molecule has 4 nitrogen and oxygen atoms in total. The third-order valence-electron chi connectivity index (χ3n) is 10.3. The SMILES string of the molecule is [2H]c1c([2H])c([2H])c(-c2nc(-c3c([2H])c([2H])c([2H])c([2H])c3[2H])nc(-c3cccc4sc5cc(-c6cc(-c7cccc8oc9ccccc9c78)cc7c6sc6ccccc67)ccc5c34)n2)c([2H])c1[2H]. The molecule has 0 N–H and O–H groups in total. The van der Waals surface area contributed by atoms with Crippen molar-refractivity contribution >= 4 is 85.0 Å². The van der Waals surface area contributed by atoms with Crippen molar-refractivity contribution in [1.82, 2.24) is 15.0 Å². The fourth-order valence-corrected chi connectivity index (χ4v) is 10.2. The van der Waals surface area contributed by atoms with Gasteiger partial charge in [-0.1, -0.05) is 133 Å². The van der Waals surface area contributed by atoms with Gasteiger partial charge in [-0.15, -0.1) is 22.7 Å². The first-order chi connectivity index (χ1) is 32.4. The summed E-state index contributed by atoms with van der Waals surface area (Å²) in [5, 5.41) is 6.08. The molecule has 12 rings (SSSR count). The number of hydrogen-bond acceptors (Lipinski definition) is 6. The molecule has 0 aliphatic heterocycles. The van der Waals surface area contributed by atoms with Crippen LogP contribution in [0.1, 0.15) is 13.7 Å². The Labute approximate surface area is 349 Å². The largest absolute Gasteiger partial charge is 0.456 e. The predicted molar refractivity (Wildman–Crippen MR) is 240 cm³/mol. The molecule has 6 heteroatoms. The lowest BCUT2D eigenvalue weighted by atomic mass is 9.93. The smallest absolute Gasteiger partial charge is 0.164 e. The summed E-state index contributed by atoms with van der Waals surface area (Å²) in [7, 11) is 0. The molecule has 8 aromatic carbocycles. The molecule has 57 heavy (non-hydrogen) atoms. The van der Waals surface area contributed by atoms with Gasteiger partial charge in [-0.05, 0) is 59.2 Å². The van der Waals surface area contributed by atoms with Gasteiger partial charge in [-0.3, -0.25) is 0 Å². The molecule has 0 saturated heterocycles. The molecule has 4 heterocycles. The number of para-hydroxylation sites is 1. The van der Waals surface area contributed by atoms with Crippen LogP contribution in [-0.4, -0.2) is 15.0 Å². The number of thiophene rings is 2. The lowest BCUT2D eigenvalue weighted by Crippen LogP contribution is -2.00. The highest BCUT2D eigenvalue weighted by Crippen LogP contribution is 2.47. The van der Waals surface area contributed by atoms with Crippen LogP contribution in [0, 0.1) is 0 Å². The zero-order valence-electron chi connectivity index (χ0n) is 39.5. The van der Waals surface area contributed by atoms with E-state index in [9.17, 15) is 0 Å². The van der Waals surface area contributed by atoms with Gasteiger partial charge in [-0.25, -0.2) is 15.0 Å². The summed E-state index contributed by atoms with van der Waals surface area (Å²) in [6.45, 7) is 0. The number of aromatic nitrogens is 3. The number of benzene rings is 8. The van der Waals surface area contributed by atoms with Crippen LogP contribution in [0.2, 0.25) is 0 Å². The van der Waals surface area contributed by atoms with E-state index >= 15 is 0 Å². The van der Waals surface area contributed by atoms with E-state index < -0.39 is 60.4 Å². The van der Waals surface area contributed by atoms with Crippen LogP contribution in [0.5, 0.6) is 0 Å². The first-order valence-electron chi connectivity index (χ1n) is 23.1. The molecule has 0 spiro atoms. The minimum Gasteiger partial charge on any atom is -0.456 e. The topological polar surface area (TPSA) is 51.8 Å². The van der Waals surface area contributed by atoms with E-state index in [1.54, 1.807) is 28.7 Å². The second-order valence-corrected chi connectivity index (χ2v) is 15.7. The van der Waals surface area contributed by atoms with Crippen LogP contribution >= 0.6 is 22.7 Å². The molecule has 0 bridgehead atoms. The summed E-state index contributed by atoms with van der Waals surface area (Å²) in [5.74, 6) is -0.600. The second-order valence-electron chi connectivity index (χ2n) is 13.6. The maximum absolute atomic E-state index is 8.78. The summed E-state index contributed by atoms with van der Waals surface area (Å²) >= 11 is 3.33. The average Bonchev–Trinajstić information content (AvgIpc) is 4.05. The zero-order valence-corrected chi connectivity index (χ0v) is 31.2. The molecule has 12 aromatic rings. The van der Waals surface area contributed by atoms with Gasteiger partial charge in [0, 0.05) is 73.4 Å². The van der Waals surface area contributed by atoms with E-state index in [0.29, 0.717) is 5.56 Å². The van der Waals surface area contributed by atoms with Crippen molar-refractivity contribution < 1.29 is 18.1 Å². The van der Waals surface area contributed by atoms with Crippen molar-refractivity contribution in [2.75, 3.05) is 0 Å². The van der Waals surface area contributed by atoms with E-state index in [1.807, 2.05) is 42.5 Å². The Balaban J connectivity index is 1.09.